The van der Waals surface area contributed by atoms with Crippen LogP contribution in [-0.2, 0) is 6.42 Å². The Hall–Kier alpha value is -2.81. The lowest BCUT2D eigenvalue weighted by Gasteiger charge is -2.29. The monoisotopic (exact) mass is 490 g/mol. The van der Waals surface area contributed by atoms with Gasteiger partial charge in [-0.15, -0.1) is 0 Å². The van der Waals surface area contributed by atoms with Crippen LogP contribution < -0.4 is 0 Å². The SMILES string of the molecule is CCCCc1ccc(-c2ccc(/C=C/c3ccc(C4CCC(CCC)CC4)c(F)c3F)cc2)c(F)c1. The van der Waals surface area contributed by atoms with Gasteiger partial charge in [-0.2, -0.15) is 0 Å². The van der Waals surface area contributed by atoms with E-state index in [1.165, 1.54) is 12.8 Å². The van der Waals surface area contributed by atoms with Crippen molar-refractivity contribution in [1.82, 2.24) is 0 Å². The topological polar surface area (TPSA) is 0 Å². The Balaban J connectivity index is 1.43. The molecular formula is C33H37F3. The minimum absolute atomic E-state index is 0.110. The summed E-state index contributed by atoms with van der Waals surface area (Å²) in [5.41, 5.74) is 3.99. The molecule has 0 saturated heterocycles. The van der Waals surface area contributed by atoms with E-state index in [2.05, 4.69) is 13.8 Å². The smallest absolute Gasteiger partial charge is 0.166 e. The lowest BCUT2D eigenvalue weighted by Crippen LogP contribution is -2.15. The molecule has 0 heterocycles. The fourth-order valence-electron chi connectivity index (χ4n) is 5.48. The summed E-state index contributed by atoms with van der Waals surface area (Å²) in [7, 11) is 0. The van der Waals surface area contributed by atoms with Gasteiger partial charge in [-0.3, -0.25) is 0 Å². The van der Waals surface area contributed by atoms with Gasteiger partial charge in [0.1, 0.15) is 5.82 Å². The molecule has 0 unspecified atom stereocenters. The number of halogens is 3. The molecule has 3 heteroatoms. The predicted molar refractivity (Wildman–Crippen MR) is 145 cm³/mol. The minimum atomic E-state index is -0.777. The number of rotatable bonds is 9. The van der Waals surface area contributed by atoms with E-state index in [0.29, 0.717) is 11.1 Å². The van der Waals surface area contributed by atoms with Crippen molar-refractivity contribution in [3.8, 4) is 11.1 Å². The Morgan fingerprint density at radius 3 is 2.19 bits per heavy atom. The highest BCUT2D eigenvalue weighted by atomic mass is 19.2. The third-order valence-corrected chi connectivity index (χ3v) is 7.66. The molecular weight excluding hydrogens is 453 g/mol. The molecule has 0 radical (unpaired) electrons. The maximum atomic E-state index is 14.9. The fraction of sp³-hybridized carbons (Fsp3) is 0.394. The zero-order chi connectivity index (χ0) is 25.5. The van der Waals surface area contributed by atoms with Crippen LogP contribution >= 0.6 is 0 Å². The van der Waals surface area contributed by atoms with E-state index in [1.807, 2.05) is 36.4 Å². The van der Waals surface area contributed by atoms with Crippen LogP contribution in [0, 0.1) is 23.4 Å². The van der Waals surface area contributed by atoms with Crippen LogP contribution in [0.2, 0.25) is 0 Å². The van der Waals surface area contributed by atoms with Crippen molar-refractivity contribution in [2.45, 2.75) is 77.6 Å². The van der Waals surface area contributed by atoms with Crippen LogP contribution in [0.1, 0.15) is 93.4 Å². The minimum Gasteiger partial charge on any atom is -0.206 e. The van der Waals surface area contributed by atoms with E-state index in [9.17, 15) is 13.2 Å². The zero-order valence-electron chi connectivity index (χ0n) is 21.5. The first-order chi connectivity index (χ1) is 17.5. The molecule has 1 aliphatic rings. The lowest BCUT2D eigenvalue weighted by atomic mass is 9.77. The first-order valence-electron chi connectivity index (χ1n) is 13.5. The summed E-state index contributed by atoms with van der Waals surface area (Å²) < 4.78 is 44.5. The Morgan fingerprint density at radius 1 is 0.778 bits per heavy atom. The summed E-state index contributed by atoms with van der Waals surface area (Å²) in [6.07, 6.45) is 12.9. The number of unbranched alkanes of at least 4 members (excludes halogenated alkanes) is 1. The maximum absolute atomic E-state index is 14.9. The van der Waals surface area contributed by atoms with Gasteiger partial charge < -0.3 is 0 Å². The van der Waals surface area contributed by atoms with Gasteiger partial charge in [0.15, 0.2) is 11.6 Å². The molecule has 0 N–H and O–H groups in total. The molecule has 3 aromatic carbocycles. The highest BCUT2D eigenvalue weighted by molar-refractivity contribution is 5.72. The molecule has 3 aromatic rings. The number of hydrogen-bond acceptors (Lipinski definition) is 0. The predicted octanol–water partition coefficient (Wildman–Crippen LogP) is 10.4. The Kier molecular flexibility index (Phi) is 9.07. The van der Waals surface area contributed by atoms with Crippen LogP contribution in [0.3, 0.4) is 0 Å². The van der Waals surface area contributed by atoms with Crippen LogP contribution in [0.5, 0.6) is 0 Å². The zero-order valence-corrected chi connectivity index (χ0v) is 21.5. The average Bonchev–Trinajstić information content (AvgIpc) is 2.90. The van der Waals surface area contributed by atoms with Crippen LogP contribution in [0.15, 0.2) is 54.6 Å². The molecule has 0 bridgehead atoms. The van der Waals surface area contributed by atoms with Gasteiger partial charge in [0.25, 0.3) is 0 Å². The molecule has 0 aliphatic heterocycles. The molecule has 1 aliphatic carbocycles. The second kappa shape index (κ2) is 12.4. The molecule has 0 nitrogen and oxygen atoms in total. The van der Waals surface area contributed by atoms with E-state index < -0.39 is 11.6 Å². The Morgan fingerprint density at radius 2 is 1.53 bits per heavy atom. The van der Waals surface area contributed by atoms with Gasteiger partial charge >= 0.3 is 0 Å². The van der Waals surface area contributed by atoms with Gasteiger partial charge in [0.05, 0.1) is 0 Å². The molecule has 0 atom stereocenters. The number of aryl methyl sites for hydroxylation is 1. The van der Waals surface area contributed by atoms with E-state index in [0.717, 1.165) is 67.6 Å². The highest BCUT2D eigenvalue weighted by Crippen LogP contribution is 2.39. The lowest BCUT2D eigenvalue weighted by molar-refractivity contribution is 0.303. The number of hydrogen-bond donors (Lipinski definition) is 0. The average molecular weight is 491 g/mol. The normalized spacial score (nSPS) is 18.1. The molecule has 1 saturated carbocycles. The van der Waals surface area contributed by atoms with Crippen molar-refractivity contribution in [3.63, 3.8) is 0 Å². The second-order valence-corrected chi connectivity index (χ2v) is 10.3. The van der Waals surface area contributed by atoms with Crippen molar-refractivity contribution in [2.75, 3.05) is 0 Å². The molecule has 0 spiro atoms. The van der Waals surface area contributed by atoms with E-state index >= 15 is 0 Å². The van der Waals surface area contributed by atoms with Gasteiger partial charge in [-0.1, -0.05) is 93.8 Å². The quantitative estimate of drug-likeness (QED) is 0.262. The van der Waals surface area contributed by atoms with E-state index in [4.69, 9.17) is 0 Å². The number of benzene rings is 3. The Labute approximate surface area is 214 Å². The third-order valence-electron chi connectivity index (χ3n) is 7.66. The molecule has 1 fully saturated rings. The summed E-state index contributed by atoms with van der Waals surface area (Å²) in [5, 5.41) is 0. The summed E-state index contributed by atoms with van der Waals surface area (Å²) in [5.74, 6) is -0.859. The summed E-state index contributed by atoms with van der Waals surface area (Å²) in [6, 6.07) is 16.3. The summed E-state index contributed by atoms with van der Waals surface area (Å²) in [6.45, 7) is 4.33. The molecule has 0 aromatic heterocycles. The summed E-state index contributed by atoms with van der Waals surface area (Å²) in [4.78, 5) is 0. The van der Waals surface area contributed by atoms with Crippen LogP contribution in [-0.4, -0.2) is 0 Å². The van der Waals surface area contributed by atoms with Gasteiger partial charge in [0.2, 0.25) is 0 Å². The van der Waals surface area contributed by atoms with Crippen molar-refractivity contribution >= 4 is 12.2 Å². The van der Waals surface area contributed by atoms with Crippen molar-refractivity contribution in [3.05, 3.63) is 94.3 Å². The van der Waals surface area contributed by atoms with E-state index in [-0.39, 0.29) is 17.3 Å². The highest BCUT2D eigenvalue weighted by Gasteiger charge is 2.25. The standard InChI is InChI=1S/C33H37F3/c1-3-5-7-25-13-20-29(31(34)22-25)26-14-10-24(11-15-26)12-18-28-19-21-30(33(36)32(28)35)27-16-8-23(6-4-2)9-17-27/h10-15,18-23,27H,3-9,16-17H2,1-2H3/b18-12+. The second-order valence-electron chi connectivity index (χ2n) is 10.3. The third kappa shape index (κ3) is 6.30. The van der Waals surface area contributed by atoms with Gasteiger partial charge in [0, 0.05) is 11.1 Å². The fourth-order valence-corrected chi connectivity index (χ4v) is 5.48. The van der Waals surface area contributed by atoms with Crippen molar-refractivity contribution in [2.24, 2.45) is 5.92 Å². The molecule has 4 rings (SSSR count). The van der Waals surface area contributed by atoms with Crippen LogP contribution in [0.4, 0.5) is 13.2 Å². The first kappa shape index (κ1) is 26.3. The largest absolute Gasteiger partial charge is 0.206 e. The van der Waals surface area contributed by atoms with Gasteiger partial charge in [-0.25, -0.2) is 13.2 Å². The molecule has 36 heavy (non-hydrogen) atoms. The molecule has 190 valence electrons. The summed E-state index contributed by atoms with van der Waals surface area (Å²) >= 11 is 0. The maximum Gasteiger partial charge on any atom is 0.166 e. The van der Waals surface area contributed by atoms with Crippen LogP contribution in [0.25, 0.3) is 23.3 Å². The van der Waals surface area contributed by atoms with Crippen molar-refractivity contribution < 1.29 is 13.2 Å². The van der Waals surface area contributed by atoms with Crippen molar-refractivity contribution in [1.29, 1.82) is 0 Å². The Bertz CT molecular complexity index is 1170. The van der Waals surface area contributed by atoms with E-state index in [1.54, 1.807) is 30.4 Å². The van der Waals surface area contributed by atoms with Gasteiger partial charge in [-0.05, 0) is 78.7 Å². The first-order valence-corrected chi connectivity index (χ1v) is 13.5. The molecule has 0 amide bonds.